The van der Waals surface area contributed by atoms with Crippen LogP contribution in [0.5, 0.6) is 0 Å². The highest BCUT2D eigenvalue weighted by molar-refractivity contribution is 5.74. The molecule has 3 saturated heterocycles. The summed E-state index contributed by atoms with van der Waals surface area (Å²) < 4.78 is 5.28. The van der Waals surface area contributed by atoms with E-state index >= 15 is 0 Å². The van der Waals surface area contributed by atoms with E-state index in [-0.39, 0.29) is 12.1 Å². The molecule has 2 amide bonds. The van der Waals surface area contributed by atoms with E-state index in [1.54, 1.807) is 0 Å². The Bertz CT molecular complexity index is 305. The maximum absolute atomic E-state index is 12.2. The van der Waals surface area contributed by atoms with Crippen molar-refractivity contribution in [3.8, 4) is 0 Å². The number of carbonyl (C=O) groups is 1. The van der Waals surface area contributed by atoms with Crippen molar-refractivity contribution in [2.75, 3.05) is 20.3 Å². The Balaban J connectivity index is 1.53. The number of ether oxygens (including phenoxy) is 1. The highest BCUT2D eigenvalue weighted by Gasteiger charge is 2.36. The van der Waals surface area contributed by atoms with E-state index in [2.05, 4.69) is 10.6 Å². The van der Waals surface area contributed by atoms with Gasteiger partial charge >= 0.3 is 6.03 Å². The summed E-state index contributed by atoms with van der Waals surface area (Å²) in [6.07, 6.45) is 5.68. The van der Waals surface area contributed by atoms with Crippen LogP contribution in [-0.2, 0) is 4.74 Å². The molecule has 3 aliphatic heterocycles. The Morgan fingerprint density at radius 1 is 1.28 bits per heavy atom. The van der Waals surface area contributed by atoms with E-state index in [9.17, 15) is 4.79 Å². The first-order valence-corrected chi connectivity index (χ1v) is 7.09. The van der Waals surface area contributed by atoms with E-state index in [1.807, 2.05) is 11.9 Å². The number of piperidine rings is 1. The van der Waals surface area contributed by atoms with Gasteiger partial charge in [-0.05, 0) is 32.1 Å². The number of carbonyl (C=O) groups excluding carboxylic acids is 1. The van der Waals surface area contributed by atoms with Gasteiger partial charge in [0.25, 0.3) is 0 Å². The summed E-state index contributed by atoms with van der Waals surface area (Å²) in [6, 6.07) is 1.92. The van der Waals surface area contributed by atoms with Crippen LogP contribution in [-0.4, -0.2) is 55.4 Å². The molecule has 5 nitrogen and oxygen atoms in total. The summed E-state index contributed by atoms with van der Waals surface area (Å²) in [5, 5.41) is 6.68. The summed E-state index contributed by atoms with van der Waals surface area (Å²) in [5.41, 5.74) is 0. The second-order valence-corrected chi connectivity index (χ2v) is 5.88. The highest BCUT2D eigenvalue weighted by atomic mass is 16.5. The molecule has 0 aromatic heterocycles. The molecule has 0 aliphatic carbocycles. The highest BCUT2D eigenvalue weighted by Crippen LogP contribution is 2.29. The van der Waals surface area contributed by atoms with Crippen molar-refractivity contribution in [2.45, 2.75) is 56.3 Å². The predicted octanol–water partition coefficient (Wildman–Crippen LogP) is 0.700. The van der Waals surface area contributed by atoms with Gasteiger partial charge in [0, 0.05) is 31.8 Å². The first kappa shape index (κ1) is 12.2. The minimum atomic E-state index is 0.0665. The topological polar surface area (TPSA) is 53.6 Å². The molecule has 18 heavy (non-hydrogen) atoms. The van der Waals surface area contributed by atoms with E-state index in [0.717, 1.165) is 25.9 Å². The average molecular weight is 253 g/mol. The van der Waals surface area contributed by atoms with Crippen LogP contribution in [0.15, 0.2) is 0 Å². The number of nitrogens with zero attached hydrogens (tertiary/aromatic N) is 1. The monoisotopic (exact) mass is 253 g/mol. The lowest BCUT2D eigenvalue weighted by molar-refractivity contribution is 0.157. The first-order chi connectivity index (χ1) is 8.72. The molecule has 3 rings (SSSR count). The zero-order chi connectivity index (χ0) is 12.5. The molecular weight excluding hydrogens is 230 g/mol. The normalized spacial score (nSPS) is 38.7. The Morgan fingerprint density at radius 3 is 2.61 bits per heavy atom. The fraction of sp³-hybridized carbons (Fsp3) is 0.923. The standard InChI is InChI=1S/C13H23N3O2/c1-16(13(17)15-11-4-5-18-8-11)12-6-9-2-3-10(7-12)14-9/h9-12,14H,2-8H2,1H3,(H,15,17). The van der Waals surface area contributed by atoms with E-state index in [4.69, 9.17) is 4.74 Å². The largest absolute Gasteiger partial charge is 0.379 e. The van der Waals surface area contributed by atoms with Gasteiger partial charge in [-0.25, -0.2) is 4.79 Å². The third-order valence-corrected chi connectivity index (χ3v) is 4.57. The van der Waals surface area contributed by atoms with Crippen molar-refractivity contribution >= 4 is 6.03 Å². The van der Waals surface area contributed by atoms with Gasteiger partial charge < -0.3 is 20.3 Å². The number of nitrogens with one attached hydrogen (secondary N) is 2. The molecule has 2 N–H and O–H groups in total. The van der Waals surface area contributed by atoms with Crippen molar-refractivity contribution in [2.24, 2.45) is 0 Å². The Labute approximate surface area is 108 Å². The Morgan fingerprint density at radius 2 is 2.00 bits per heavy atom. The molecule has 5 heteroatoms. The second-order valence-electron chi connectivity index (χ2n) is 5.88. The van der Waals surface area contributed by atoms with Gasteiger partial charge in [-0.2, -0.15) is 0 Å². The summed E-state index contributed by atoms with van der Waals surface area (Å²) >= 11 is 0. The minimum Gasteiger partial charge on any atom is -0.379 e. The lowest BCUT2D eigenvalue weighted by atomic mass is 9.99. The van der Waals surface area contributed by atoms with Crippen LogP contribution in [0.1, 0.15) is 32.1 Å². The average Bonchev–Trinajstić information content (AvgIpc) is 2.98. The van der Waals surface area contributed by atoms with Crippen molar-refractivity contribution in [3.63, 3.8) is 0 Å². The summed E-state index contributed by atoms with van der Waals surface area (Å²) in [7, 11) is 1.93. The van der Waals surface area contributed by atoms with Crippen LogP contribution >= 0.6 is 0 Å². The van der Waals surface area contributed by atoms with Crippen LogP contribution in [0.3, 0.4) is 0 Å². The first-order valence-electron chi connectivity index (χ1n) is 7.09. The third-order valence-electron chi connectivity index (χ3n) is 4.57. The van der Waals surface area contributed by atoms with Crippen LogP contribution in [0.4, 0.5) is 4.79 Å². The lowest BCUT2D eigenvalue weighted by Crippen LogP contribution is -2.52. The number of hydrogen-bond donors (Lipinski definition) is 2. The molecule has 3 atom stereocenters. The zero-order valence-electron chi connectivity index (χ0n) is 11.0. The fourth-order valence-electron chi connectivity index (χ4n) is 3.43. The van der Waals surface area contributed by atoms with Crippen molar-refractivity contribution in [1.29, 1.82) is 0 Å². The maximum Gasteiger partial charge on any atom is 0.317 e. The molecule has 0 aromatic rings. The predicted molar refractivity (Wildman–Crippen MR) is 68.5 cm³/mol. The molecule has 3 unspecified atom stereocenters. The van der Waals surface area contributed by atoms with Crippen LogP contribution in [0.2, 0.25) is 0 Å². The molecule has 0 radical (unpaired) electrons. The van der Waals surface area contributed by atoms with Gasteiger partial charge in [-0.3, -0.25) is 0 Å². The van der Waals surface area contributed by atoms with Gasteiger partial charge in [0.15, 0.2) is 0 Å². The number of fused-ring (bicyclic) bond motifs is 2. The van der Waals surface area contributed by atoms with Crippen LogP contribution < -0.4 is 10.6 Å². The summed E-state index contributed by atoms with van der Waals surface area (Å²) in [5.74, 6) is 0. The van der Waals surface area contributed by atoms with Gasteiger partial charge in [0.05, 0.1) is 12.6 Å². The molecule has 3 aliphatic rings. The summed E-state index contributed by atoms with van der Waals surface area (Å²) in [6.45, 7) is 1.43. The number of amides is 2. The lowest BCUT2D eigenvalue weighted by Gasteiger charge is -2.36. The van der Waals surface area contributed by atoms with Crippen molar-refractivity contribution < 1.29 is 9.53 Å². The number of hydrogen-bond acceptors (Lipinski definition) is 3. The SMILES string of the molecule is CN(C(=O)NC1CCOC1)C1CC2CCC(C1)N2. The van der Waals surface area contributed by atoms with E-state index < -0.39 is 0 Å². The molecule has 0 aromatic carbocycles. The quantitative estimate of drug-likeness (QED) is 0.761. The molecule has 0 spiro atoms. The van der Waals surface area contributed by atoms with Crippen LogP contribution in [0.25, 0.3) is 0 Å². The van der Waals surface area contributed by atoms with Crippen molar-refractivity contribution in [3.05, 3.63) is 0 Å². The Kier molecular flexibility index (Phi) is 3.43. The van der Waals surface area contributed by atoms with Gasteiger partial charge in [0.2, 0.25) is 0 Å². The van der Waals surface area contributed by atoms with Crippen molar-refractivity contribution in [1.82, 2.24) is 15.5 Å². The zero-order valence-corrected chi connectivity index (χ0v) is 11.0. The minimum absolute atomic E-state index is 0.0665. The number of rotatable bonds is 2. The van der Waals surface area contributed by atoms with E-state index in [1.165, 1.54) is 12.8 Å². The Hall–Kier alpha value is -0.810. The third kappa shape index (κ3) is 2.47. The van der Waals surface area contributed by atoms with Gasteiger partial charge in [-0.15, -0.1) is 0 Å². The molecular formula is C13H23N3O2. The molecule has 2 bridgehead atoms. The second kappa shape index (κ2) is 5.05. The molecule has 102 valence electrons. The molecule has 3 heterocycles. The maximum atomic E-state index is 12.2. The molecule has 3 fully saturated rings. The van der Waals surface area contributed by atoms with E-state index in [0.29, 0.717) is 24.7 Å². The fourth-order valence-corrected chi connectivity index (χ4v) is 3.43. The molecule has 0 saturated carbocycles. The van der Waals surface area contributed by atoms with Gasteiger partial charge in [-0.1, -0.05) is 0 Å². The summed E-state index contributed by atoms with van der Waals surface area (Å²) in [4.78, 5) is 14.1. The smallest absolute Gasteiger partial charge is 0.317 e. The van der Waals surface area contributed by atoms with Gasteiger partial charge in [0.1, 0.15) is 0 Å². The number of urea groups is 1. The van der Waals surface area contributed by atoms with Crippen LogP contribution in [0, 0.1) is 0 Å².